The van der Waals surface area contributed by atoms with Gasteiger partial charge in [0.15, 0.2) is 0 Å². The van der Waals surface area contributed by atoms with Gasteiger partial charge in [0, 0.05) is 0 Å². The average Bonchev–Trinajstić information content (AvgIpc) is 1.83. The molecule has 0 saturated carbocycles. The van der Waals surface area contributed by atoms with Crippen LogP contribution in [0.5, 0.6) is 0 Å². The smallest absolute Gasteiger partial charge is 0.0682 e. The summed E-state index contributed by atoms with van der Waals surface area (Å²) in [7, 11) is -0.919. The molecule has 0 aliphatic rings. The Morgan fingerprint density at radius 1 is 1.25 bits per heavy atom. The van der Waals surface area contributed by atoms with Crippen LogP contribution in [-0.2, 0) is 0 Å². The van der Waals surface area contributed by atoms with Gasteiger partial charge in [0.05, 0.1) is 10.0 Å². The summed E-state index contributed by atoms with van der Waals surface area (Å²) in [6.45, 7) is 7.13. The van der Waals surface area contributed by atoms with Crippen LogP contribution < -0.4 is 0 Å². The third-order valence-electron chi connectivity index (χ3n) is 1.41. The van der Waals surface area contributed by atoms with Crippen molar-refractivity contribution in [3.8, 4) is 0 Å². The van der Waals surface area contributed by atoms with Crippen LogP contribution in [0, 0.1) is 0 Å². The first-order valence-corrected chi connectivity index (χ1v) is 10.4. The molecule has 0 atom stereocenters. The van der Waals surface area contributed by atoms with E-state index in [-0.39, 0.29) is 0 Å². The molecule has 0 spiro atoms. The maximum absolute atomic E-state index is 2.48. The lowest BCUT2D eigenvalue weighted by Gasteiger charge is -2.07. The first-order chi connectivity index (χ1) is 5.42. The van der Waals surface area contributed by atoms with Gasteiger partial charge in [-0.1, -0.05) is 76.6 Å². The molecule has 0 nitrogen and oxygen atoms in total. The Balaban J connectivity index is 3.37. The minimum absolute atomic E-state index is 0.806. The van der Waals surface area contributed by atoms with Crippen molar-refractivity contribution in [3.63, 3.8) is 0 Å². The van der Waals surface area contributed by atoms with E-state index < -0.39 is 8.07 Å². The molecule has 0 unspecified atom stereocenters. The van der Waals surface area contributed by atoms with E-state index in [0.717, 1.165) is 1.93 Å². The van der Waals surface area contributed by atoms with E-state index in [2.05, 4.69) is 76.6 Å². The Labute approximate surface area is 105 Å². The van der Waals surface area contributed by atoms with Gasteiger partial charge in [0.25, 0.3) is 0 Å². The lowest BCUT2D eigenvalue weighted by molar-refractivity contribution is 0.823. The van der Waals surface area contributed by atoms with Crippen molar-refractivity contribution in [1.29, 1.82) is 0 Å². The predicted molar refractivity (Wildman–Crippen MR) is 78.2 cm³/mol. The predicted octanol–water partition coefficient (Wildman–Crippen LogP) is 4.79. The Hall–Kier alpha value is 1.42. The Morgan fingerprint density at radius 3 is 2.25 bits per heavy atom. The topological polar surface area (TPSA) is 0 Å². The van der Waals surface area contributed by atoms with Gasteiger partial charge in [0.1, 0.15) is 0 Å². The van der Waals surface area contributed by atoms with E-state index in [1.54, 1.807) is 0 Å². The summed E-state index contributed by atoms with van der Waals surface area (Å²) in [4.78, 5) is 0. The highest BCUT2D eigenvalue weighted by Crippen LogP contribution is 2.17. The van der Waals surface area contributed by atoms with Gasteiger partial charge in [-0.05, 0) is 19.3 Å². The normalized spacial score (nSPS) is 13.2. The second-order valence-electron chi connectivity index (χ2n) is 4.09. The fraction of sp³-hybridized carbons (Fsp3) is 0.778. The summed E-state index contributed by atoms with van der Waals surface area (Å²) in [5.74, 6) is 0. The van der Waals surface area contributed by atoms with Crippen molar-refractivity contribution in [2.45, 2.75) is 40.8 Å². The van der Waals surface area contributed by atoms with Crippen LogP contribution in [-0.4, -0.2) is 10.0 Å². The van der Waals surface area contributed by atoms with Gasteiger partial charge in [-0.25, -0.2) is 0 Å². The standard InChI is InChI=1S/C9H18I2Si/c1-12(2,3)8-6-4-5-7-9(10)11/h6,8-9H,4-5,7H2,1-3H3. The molecule has 0 aliphatic carbocycles. The van der Waals surface area contributed by atoms with Gasteiger partial charge in [-0.3, -0.25) is 0 Å². The summed E-state index contributed by atoms with van der Waals surface area (Å²) < 4.78 is 0.806. The van der Waals surface area contributed by atoms with Gasteiger partial charge in [-0.15, -0.1) is 0 Å². The zero-order valence-electron chi connectivity index (χ0n) is 8.11. The quantitative estimate of drug-likeness (QED) is 0.266. The van der Waals surface area contributed by atoms with Crippen molar-refractivity contribution < 1.29 is 0 Å². The van der Waals surface area contributed by atoms with E-state index in [1.807, 2.05) is 0 Å². The molecular weight excluding hydrogens is 390 g/mol. The molecule has 0 amide bonds. The largest absolute Gasteiger partial charge is 0.0989 e. The number of hydrogen-bond donors (Lipinski definition) is 0. The molecule has 3 heteroatoms. The molecule has 0 radical (unpaired) electrons. The molecule has 0 bridgehead atoms. The van der Waals surface area contributed by atoms with Crippen molar-refractivity contribution in [2.75, 3.05) is 0 Å². The first-order valence-electron chi connectivity index (χ1n) is 4.37. The number of unbranched alkanes of at least 4 members (excludes halogenated alkanes) is 1. The number of alkyl halides is 2. The number of rotatable bonds is 5. The maximum Gasteiger partial charge on any atom is 0.0682 e. The molecule has 0 aliphatic heterocycles. The van der Waals surface area contributed by atoms with E-state index >= 15 is 0 Å². The average molecular weight is 408 g/mol. The summed E-state index contributed by atoms with van der Waals surface area (Å²) in [5, 5.41) is 0. The lowest BCUT2D eigenvalue weighted by Crippen LogP contribution is -2.15. The molecule has 0 N–H and O–H groups in total. The van der Waals surface area contributed by atoms with Crippen molar-refractivity contribution >= 4 is 53.3 Å². The summed E-state index contributed by atoms with van der Waals surface area (Å²) in [5.41, 5.74) is 2.45. The van der Waals surface area contributed by atoms with E-state index in [1.165, 1.54) is 19.3 Å². The molecule has 72 valence electrons. The van der Waals surface area contributed by atoms with Crippen LogP contribution in [0.2, 0.25) is 19.6 Å². The highest BCUT2D eigenvalue weighted by molar-refractivity contribution is 14.2. The van der Waals surface area contributed by atoms with E-state index in [4.69, 9.17) is 0 Å². The Bertz CT molecular complexity index is 136. The van der Waals surface area contributed by atoms with E-state index in [9.17, 15) is 0 Å². The van der Waals surface area contributed by atoms with Crippen LogP contribution in [0.25, 0.3) is 0 Å². The fourth-order valence-electron chi connectivity index (χ4n) is 0.827. The number of hydrogen-bond acceptors (Lipinski definition) is 0. The van der Waals surface area contributed by atoms with Crippen molar-refractivity contribution in [2.24, 2.45) is 0 Å². The van der Waals surface area contributed by atoms with Gasteiger partial charge in [-0.2, -0.15) is 0 Å². The van der Waals surface area contributed by atoms with E-state index in [0.29, 0.717) is 0 Å². The molecule has 0 fully saturated rings. The summed E-state index contributed by atoms with van der Waals surface area (Å²) >= 11 is 4.96. The minimum atomic E-state index is -0.919. The Kier molecular flexibility index (Phi) is 7.61. The van der Waals surface area contributed by atoms with Gasteiger partial charge < -0.3 is 0 Å². The molecule has 0 aromatic carbocycles. The van der Waals surface area contributed by atoms with Gasteiger partial charge >= 0.3 is 0 Å². The maximum atomic E-state index is 2.48. The second-order valence-corrected chi connectivity index (χ2v) is 14.5. The lowest BCUT2D eigenvalue weighted by atomic mass is 10.2. The zero-order valence-corrected chi connectivity index (χ0v) is 13.4. The van der Waals surface area contributed by atoms with Crippen LogP contribution in [0.3, 0.4) is 0 Å². The van der Waals surface area contributed by atoms with Crippen LogP contribution in [0.1, 0.15) is 19.3 Å². The number of allylic oxidation sites excluding steroid dienone is 1. The molecule has 0 aromatic heterocycles. The monoisotopic (exact) mass is 408 g/mol. The fourth-order valence-corrected chi connectivity index (χ4v) is 2.58. The SMILES string of the molecule is C[Si](C)(C)C=CCCCC(I)I. The zero-order chi connectivity index (χ0) is 9.61. The van der Waals surface area contributed by atoms with Crippen LogP contribution in [0.15, 0.2) is 11.8 Å². The molecule has 0 saturated heterocycles. The third kappa shape index (κ3) is 11.4. The summed E-state index contributed by atoms with van der Waals surface area (Å²) in [6.07, 6.45) is 6.34. The highest BCUT2D eigenvalue weighted by Gasteiger charge is 2.05. The highest BCUT2D eigenvalue weighted by atomic mass is 127. The van der Waals surface area contributed by atoms with Crippen molar-refractivity contribution in [1.82, 2.24) is 0 Å². The molecule has 0 aromatic rings. The van der Waals surface area contributed by atoms with Crippen LogP contribution >= 0.6 is 45.2 Å². The molecular formula is C9H18I2Si. The van der Waals surface area contributed by atoms with Crippen LogP contribution in [0.4, 0.5) is 0 Å². The molecule has 0 heterocycles. The molecule has 12 heavy (non-hydrogen) atoms. The third-order valence-corrected chi connectivity index (χ3v) is 3.89. The molecule has 0 rings (SSSR count). The Morgan fingerprint density at radius 2 is 1.83 bits per heavy atom. The summed E-state index contributed by atoms with van der Waals surface area (Å²) in [6, 6.07) is 0. The minimum Gasteiger partial charge on any atom is -0.0989 e. The van der Waals surface area contributed by atoms with Gasteiger partial charge in [0.2, 0.25) is 0 Å². The number of halogens is 2. The first kappa shape index (κ1) is 13.4. The van der Waals surface area contributed by atoms with Crippen molar-refractivity contribution in [3.05, 3.63) is 11.8 Å². The second kappa shape index (κ2) is 6.81.